The van der Waals surface area contributed by atoms with Crippen LogP contribution in [-0.2, 0) is 0 Å². The van der Waals surface area contributed by atoms with Crippen LogP contribution < -0.4 is 0 Å². The summed E-state index contributed by atoms with van der Waals surface area (Å²) in [6.07, 6.45) is 12.2. The Labute approximate surface area is 159 Å². The molecule has 2 aromatic carbocycles. The maximum absolute atomic E-state index is 3.37. The second-order valence-electron chi connectivity index (χ2n) is 6.63. The summed E-state index contributed by atoms with van der Waals surface area (Å²) in [6, 6.07) is 17.3. The van der Waals surface area contributed by atoms with Crippen molar-refractivity contribution in [3.05, 3.63) is 78.0 Å². The van der Waals surface area contributed by atoms with Crippen molar-refractivity contribution in [3.8, 4) is 0 Å². The first-order valence-corrected chi connectivity index (χ1v) is 10.3. The Bertz CT molecular complexity index is 937. The largest absolute Gasteiger partial charge is 0.360 e. The van der Waals surface area contributed by atoms with Crippen LogP contribution in [0.2, 0.25) is 0 Å². The van der Waals surface area contributed by atoms with E-state index >= 15 is 0 Å². The predicted molar refractivity (Wildman–Crippen MR) is 115 cm³/mol. The molecule has 0 spiro atoms. The van der Waals surface area contributed by atoms with Crippen molar-refractivity contribution in [1.82, 2.24) is 9.88 Å². The molecule has 0 radical (unpaired) electrons. The van der Waals surface area contributed by atoms with Gasteiger partial charge in [-0.2, -0.15) is 0 Å². The van der Waals surface area contributed by atoms with Gasteiger partial charge in [-0.05, 0) is 41.5 Å². The fraction of sp³-hybridized carbons (Fsp3) is 0.217. The maximum Gasteiger partial charge on any atom is 0.0598 e. The number of nitrogens with zero attached hydrogens (tertiary/aromatic N) is 1. The second-order valence-corrected chi connectivity index (χ2v) is 7.48. The number of fused-ring (bicyclic) bond motifs is 1. The molecule has 2 nitrogen and oxygen atoms in total. The van der Waals surface area contributed by atoms with E-state index in [-0.39, 0.29) is 0 Å². The van der Waals surface area contributed by atoms with E-state index in [1.165, 1.54) is 32.5 Å². The minimum atomic E-state index is 0.995. The Hall–Kier alpha value is -2.23. The number of rotatable bonds is 5. The van der Waals surface area contributed by atoms with Gasteiger partial charge in [0.1, 0.15) is 0 Å². The standard InChI is InChI=1S/C23H24N2S/c1-26-22-10-9-20(21-11-14-24-23(21)22)8-5-15-25-16-12-19(13-17-25)18-6-3-2-4-7-18/h2-12,14,24H,13,15-17H2,1H3. The maximum atomic E-state index is 3.37. The Balaban J connectivity index is 1.41. The first-order chi connectivity index (χ1) is 12.8. The van der Waals surface area contributed by atoms with E-state index < -0.39 is 0 Å². The van der Waals surface area contributed by atoms with Gasteiger partial charge in [0.25, 0.3) is 0 Å². The van der Waals surface area contributed by atoms with Crippen LogP contribution in [0.25, 0.3) is 22.6 Å². The zero-order chi connectivity index (χ0) is 17.8. The molecule has 0 atom stereocenters. The summed E-state index contributed by atoms with van der Waals surface area (Å²) in [4.78, 5) is 7.16. The van der Waals surface area contributed by atoms with Gasteiger partial charge in [0.15, 0.2) is 0 Å². The van der Waals surface area contributed by atoms with Crippen LogP contribution in [0, 0.1) is 0 Å². The van der Waals surface area contributed by atoms with Crippen LogP contribution in [0.4, 0.5) is 0 Å². The third-order valence-electron chi connectivity index (χ3n) is 5.04. The Morgan fingerprint density at radius 1 is 1.12 bits per heavy atom. The third-order valence-corrected chi connectivity index (χ3v) is 5.82. The lowest BCUT2D eigenvalue weighted by molar-refractivity contribution is 0.335. The van der Waals surface area contributed by atoms with Gasteiger partial charge in [0, 0.05) is 36.1 Å². The molecular formula is C23H24N2S. The van der Waals surface area contributed by atoms with Crippen molar-refractivity contribution in [3.63, 3.8) is 0 Å². The summed E-state index contributed by atoms with van der Waals surface area (Å²) in [5, 5.41) is 1.30. The molecule has 0 aliphatic carbocycles. The summed E-state index contributed by atoms with van der Waals surface area (Å²) < 4.78 is 0. The van der Waals surface area contributed by atoms with E-state index in [9.17, 15) is 0 Å². The summed E-state index contributed by atoms with van der Waals surface area (Å²) in [5.74, 6) is 0. The van der Waals surface area contributed by atoms with Crippen LogP contribution in [0.5, 0.6) is 0 Å². The Morgan fingerprint density at radius 2 is 2.00 bits per heavy atom. The molecule has 0 unspecified atom stereocenters. The number of hydrogen-bond acceptors (Lipinski definition) is 2. The normalized spacial score (nSPS) is 15.7. The van der Waals surface area contributed by atoms with E-state index in [4.69, 9.17) is 0 Å². The molecule has 1 N–H and O–H groups in total. The summed E-state index contributed by atoms with van der Waals surface area (Å²) in [7, 11) is 0. The third kappa shape index (κ3) is 3.64. The highest BCUT2D eigenvalue weighted by molar-refractivity contribution is 7.98. The average Bonchev–Trinajstić information content (AvgIpc) is 3.20. The molecule has 3 heteroatoms. The van der Waals surface area contributed by atoms with Gasteiger partial charge in [0.05, 0.1) is 5.52 Å². The summed E-state index contributed by atoms with van der Waals surface area (Å²) in [6.45, 7) is 3.14. The zero-order valence-electron chi connectivity index (χ0n) is 15.1. The van der Waals surface area contributed by atoms with Crippen molar-refractivity contribution in [2.45, 2.75) is 11.3 Å². The lowest BCUT2D eigenvalue weighted by Gasteiger charge is -2.25. The Kier molecular flexibility index (Phi) is 5.28. The van der Waals surface area contributed by atoms with Gasteiger partial charge in [-0.3, -0.25) is 4.90 Å². The highest BCUT2D eigenvalue weighted by Crippen LogP contribution is 2.28. The molecule has 0 bridgehead atoms. The second kappa shape index (κ2) is 7.98. The minimum Gasteiger partial charge on any atom is -0.360 e. The number of thioether (sulfide) groups is 1. The number of nitrogens with one attached hydrogen (secondary N) is 1. The van der Waals surface area contributed by atoms with Gasteiger partial charge in [-0.1, -0.05) is 54.6 Å². The van der Waals surface area contributed by atoms with Crippen molar-refractivity contribution in [1.29, 1.82) is 0 Å². The number of hydrogen-bond donors (Lipinski definition) is 1. The molecule has 1 aliphatic heterocycles. The van der Waals surface area contributed by atoms with Crippen LogP contribution in [0.3, 0.4) is 0 Å². The van der Waals surface area contributed by atoms with Crippen LogP contribution in [-0.4, -0.2) is 35.8 Å². The smallest absolute Gasteiger partial charge is 0.0598 e. The molecular weight excluding hydrogens is 336 g/mol. The molecule has 1 aliphatic rings. The fourth-order valence-electron chi connectivity index (χ4n) is 3.59. The molecule has 26 heavy (non-hydrogen) atoms. The Morgan fingerprint density at radius 3 is 2.77 bits per heavy atom. The topological polar surface area (TPSA) is 19.0 Å². The molecule has 0 amide bonds. The van der Waals surface area contributed by atoms with E-state index in [2.05, 4.69) is 82.9 Å². The van der Waals surface area contributed by atoms with Crippen LogP contribution in [0.15, 0.2) is 71.8 Å². The summed E-state index contributed by atoms with van der Waals surface area (Å²) in [5.41, 5.74) is 5.38. The van der Waals surface area contributed by atoms with Gasteiger partial charge >= 0.3 is 0 Å². The fourth-order valence-corrected chi connectivity index (χ4v) is 4.17. The van der Waals surface area contributed by atoms with Gasteiger partial charge < -0.3 is 4.98 Å². The van der Waals surface area contributed by atoms with Gasteiger partial charge in [-0.15, -0.1) is 11.8 Å². The van der Waals surface area contributed by atoms with Crippen molar-refractivity contribution in [2.75, 3.05) is 25.9 Å². The van der Waals surface area contributed by atoms with E-state index in [0.717, 1.165) is 26.1 Å². The predicted octanol–water partition coefficient (Wildman–Crippen LogP) is 5.69. The van der Waals surface area contributed by atoms with Gasteiger partial charge in [-0.25, -0.2) is 0 Å². The zero-order valence-corrected chi connectivity index (χ0v) is 15.9. The number of benzene rings is 2. The first-order valence-electron chi connectivity index (χ1n) is 9.12. The summed E-state index contributed by atoms with van der Waals surface area (Å²) >= 11 is 1.79. The van der Waals surface area contributed by atoms with Crippen molar-refractivity contribution in [2.24, 2.45) is 0 Å². The lowest BCUT2D eigenvalue weighted by Crippen LogP contribution is -2.28. The number of aromatic nitrogens is 1. The molecule has 0 saturated heterocycles. The van der Waals surface area contributed by atoms with E-state index in [1.807, 2.05) is 6.20 Å². The number of H-pyrrole nitrogens is 1. The van der Waals surface area contributed by atoms with Crippen LogP contribution in [0.1, 0.15) is 17.5 Å². The van der Waals surface area contributed by atoms with Crippen molar-refractivity contribution < 1.29 is 0 Å². The average molecular weight is 361 g/mol. The van der Waals surface area contributed by atoms with E-state index in [0.29, 0.717) is 0 Å². The molecule has 4 rings (SSSR count). The SMILES string of the molecule is CSc1ccc(C=CCN2CC=C(c3ccccc3)CC2)c2cc[nH]c12. The highest BCUT2D eigenvalue weighted by atomic mass is 32.2. The molecule has 132 valence electrons. The van der Waals surface area contributed by atoms with Gasteiger partial charge in [0.2, 0.25) is 0 Å². The number of aromatic amines is 1. The minimum absolute atomic E-state index is 0.995. The molecule has 0 saturated carbocycles. The highest BCUT2D eigenvalue weighted by Gasteiger charge is 2.11. The molecule has 3 aromatic rings. The van der Waals surface area contributed by atoms with Crippen LogP contribution >= 0.6 is 11.8 Å². The lowest BCUT2D eigenvalue weighted by atomic mass is 9.99. The quantitative estimate of drug-likeness (QED) is 0.589. The first kappa shape index (κ1) is 17.2. The van der Waals surface area contributed by atoms with Crippen molar-refractivity contribution >= 4 is 34.3 Å². The van der Waals surface area contributed by atoms with E-state index in [1.54, 1.807) is 11.8 Å². The molecule has 0 fully saturated rings. The monoisotopic (exact) mass is 360 g/mol. The molecule has 1 aromatic heterocycles. The molecule has 2 heterocycles.